The number of anilines is 1. The third kappa shape index (κ3) is 3.08. The molecule has 1 aliphatic heterocycles. The first-order valence-corrected chi connectivity index (χ1v) is 6.45. The van der Waals surface area contributed by atoms with E-state index in [-0.39, 0.29) is 5.56 Å². The van der Waals surface area contributed by atoms with Gasteiger partial charge in [-0.1, -0.05) is 23.7 Å². The second-order valence-electron chi connectivity index (χ2n) is 4.43. The zero-order chi connectivity index (χ0) is 13.8. The van der Waals surface area contributed by atoms with Crippen molar-refractivity contribution in [3.63, 3.8) is 0 Å². The number of methoxy groups -OCH3 is 1. The predicted molar refractivity (Wildman–Crippen MR) is 75.2 cm³/mol. The molecular weight excluding hydrogens is 266 g/mol. The average molecular weight is 282 g/mol. The van der Waals surface area contributed by atoms with Crippen molar-refractivity contribution < 1.29 is 14.6 Å². The summed E-state index contributed by atoms with van der Waals surface area (Å²) in [4.78, 5) is 13.3. The van der Waals surface area contributed by atoms with E-state index < -0.39 is 5.97 Å². The molecule has 0 bridgehead atoms. The molecule has 2 rings (SSSR count). The van der Waals surface area contributed by atoms with Crippen molar-refractivity contribution in [1.29, 1.82) is 0 Å². The normalized spacial score (nSPS) is 15.3. The van der Waals surface area contributed by atoms with Crippen LogP contribution in [0.3, 0.4) is 0 Å². The molecule has 1 heterocycles. The summed E-state index contributed by atoms with van der Waals surface area (Å²) in [7, 11) is 1.67. The Kier molecular flexibility index (Phi) is 4.45. The Morgan fingerprint density at radius 1 is 1.53 bits per heavy atom. The summed E-state index contributed by atoms with van der Waals surface area (Å²) in [6, 6.07) is 4.96. The van der Waals surface area contributed by atoms with Gasteiger partial charge in [-0.05, 0) is 24.1 Å². The van der Waals surface area contributed by atoms with Crippen LogP contribution in [-0.2, 0) is 4.74 Å². The summed E-state index contributed by atoms with van der Waals surface area (Å²) in [5, 5.41) is 9.71. The zero-order valence-electron chi connectivity index (χ0n) is 10.7. The standard InChI is InChI=1S/C14H16ClNO3/c1-19-9-10-5-7-16(8-6-10)13-11(14(17)18)3-2-4-12(13)15/h2-5H,6-9H2,1H3,(H,17,18). The second kappa shape index (κ2) is 6.08. The van der Waals surface area contributed by atoms with E-state index in [0.717, 1.165) is 13.0 Å². The molecule has 102 valence electrons. The fraction of sp³-hybridized carbons (Fsp3) is 0.357. The lowest BCUT2D eigenvalue weighted by Crippen LogP contribution is -2.31. The van der Waals surface area contributed by atoms with E-state index in [1.165, 1.54) is 5.57 Å². The highest BCUT2D eigenvalue weighted by atomic mass is 35.5. The highest BCUT2D eigenvalue weighted by molar-refractivity contribution is 6.34. The molecule has 19 heavy (non-hydrogen) atoms. The number of rotatable bonds is 4. The second-order valence-corrected chi connectivity index (χ2v) is 4.84. The van der Waals surface area contributed by atoms with Crippen LogP contribution in [0, 0.1) is 0 Å². The minimum Gasteiger partial charge on any atom is -0.478 e. The Morgan fingerprint density at radius 3 is 2.89 bits per heavy atom. The highest BCUT2D eigenvalue weighted by Gasteiger charge is 2.20. The summed E-state index contributed by atoms with van der Waals surface area (Å²) in [5.41, 5.74) is 2.09. The summed E-state index contributed by atoms with van der Waals surface area (Å²) >= 11 is 6.15. The molecule has 4 nitrogen and oxygen atoms in total. The maximum absolute atomic E-state index is 11.3. The van der Waals surface area contributed by atoms with Gasteiger partial charge in [-0.2, -0.15) is 0 Å². The minimum atomic E-state index is -0.954. The number of aromatic carboxylic acids is 1. The summed E-state index contributed by atoms with van der Waals surface area (Å²) in [6.45, 7) is 2.03. The van der Waals surface area contributed by atoms with Crippen molar-refractivity contribution in [2.24, 2.45) is 0 Å². The number of para-hydroxylation sites is 1. The molecule has 0 radical (unpaired) electrons. The predicted octanol–water partition coefficient (Wildman–Crippen LogP) is 2.82. The lowest BCUT2D eigenvalue weighted by atomic mass is 10.1. The van der Waals surface area contributed by atoms with Gasteiger partial charge in [0, 0.05) is 20.2 Å². The van der Waals surface area contributed by atoms with Crippen LogP contribution in [0.4, 0.5) is 5.69 Å². The van der Waals surface area contributed by atoms with E-state index in [0.29, 0.717) is 23.9 Å². The van der Waals surface area contributed by atoms with Crippen molar-refractivity contribution in [2.45, 2.75) is 6.42 Å². The molecule has 1 N–H and O–H groups in total. The van der Waals surface area contributed by atoms with Gasteiger partial charge >= 0.3 is 5.97 Å². The van der Waals surface area contributed by atoms with Gasteiger partial charge in [-0.15, -0.1) is 0 Å². The molecular formula is C14H16ClNO3. The molecule has 0 fully saturated rings. The van der Waals surface area contributed by atoms with E-state index in [1.54, 1.807) is 25.3 Å². The number of benzene rings is 1. The number of carbonyl (C=O) groups is 1. The molecule has 0 spiro atoms. The fourth-order valence-corrected chi connectivity index (χ4v) is 2.53. The summed E-state index contributed by atoms with van der Waals surface area (Å²) < 4.78 is 5.10. The van der Waals surface area contributed by atoms with Crippen molar-refractivity contribution in [2.75, 3.05) is 31.7 Å². The Bertz CT molecular complexity index is 513. The van der Waals surface area contributed by atoms with Gasteiger partial charge < -0.3 is 14.7 Å². The van der Waals surface area contributed by atoms with Gasteiger partial charge in [0.2, 0.25) is 0 Å². The lowest BCUT2D eigenvalue weighted by molar-refractivity contribution is 0.0697. The molecule has 1 aliphatic rings. The van der Waals surface area contributed by atoms with Crippen LogP contribution in [-0.4, -0.2) is 37.9 Å². The molecule has 0 aromatic heterocycles. The number of carboxylic acids is 1. The Balaban J connectivity index is 2.26. The average Bonchev–Trinajstić information content (AvgIpc) is 2.40. The Hall–Kier alpha value is -1.52. The van der Waals surface area contributed by atoms with E-state index in [2.05, 4.69) is 6.08 Å². The summed E-state index contributed by atoms with van der Waals surface area (Å²) in [6.07, 6.45) is 2.93. The number of ether oxygens (including phenoxy) is 1. The van der Waals surface area contributed by atoms with Gasteiger partial charge in [0.05, 0.1) is 22.9 Å². The molecule has 1 aromatic rings. The molecule has 1 aromatic carbocycles. The number of nitrogens with zero attached hydrogens (tertiary/aromatic N) is 1. The number of halogens is 1. The maximum Gasteiger partial charge on any atom is 0.337 e. The van der Waals surface area contributed by atoms with Crippen LogP contribution in [0.1, 0.15) is 16.8 Å². The van der Waals surface area contributed by atoms with Crippen molar-refractivity contribution in [3.8, 4) is 0 Å². The molecule has 0 saturated heterocycles. The summed E-state index contributed by atoms with van der Waals surface area (Å²) in [5.74, 6) is -0.954. The maximum atomic E-state index is 11.3. The van der Waals surface area contributed by atoms with Crippen LogP contribution in [0.2, 0.25) is 5.02 Å². The minimum absolute atomic E-state index is 0.246. The number of hydrogen-bond donors (Lipinski definition) is 1. The van der Waals surface area contributed by atoms with Crippen LogP contribution < -0.4 is 4.90 Å². The van der Waals surface area contributed by atoms with Crippen molar-refractivity contribution in [3.05, 3.63) is 40.4 Å². The first-order valence-electron chi connectivity index (χ1n) is 6.07. The van der Waals surface area contributed by atoms with Crippen LogP contribution in [0.5, 0.6) is 0 Å². The van der Waals surface area contributed by atoms with Gasteiger partial charge in [0.25, 0.3) is 0 Å². The van der Waals surface area contributed by atoms with Gasteiger partial charge in [-0.25, -0.2) is 4.79 Å². The van der Waals surface area contributed by atoms with Gasteiger partial charge in [-0.3, -0.25) is 0 Å². The van der Waals surface area contributed by atoms with E-state index in [1.807, 2.05) is 4.90 Å². The molecule has 0 unspecified atom stereocenters. The first kappa shape index (κ1) is 13.9. The van der Waals surface area contributed by atoms with Gasteiger partial charge in [0.1, 0.15) is 0 Å². The van der Waals surface area contributed by atoms with Gasteiger partial charge in [0.15, 0.2) is 0 Å². The quantitative estimate of drug-likeness (QED) is 0.862. The van der Waals surface area contributed by atoms with E-state index in [4.69, 9.17) is 16.3 Å². The van der Waals surface area contributed by atoms with Crippen LogP contribution in [0.15, 0.2) is 29.8 Å². The van der Waals surface area contributed by atoms with E-state index >= 15 is 0 Å². The van der Waals surface area contributed by atoms with Crippen molar-refractivity contribution >= 4 is 23.3 Å². The van der Waals surface area contributed by atoms with Crippen LogP contribution >= 0.6 is 11.6 Å². The molecule has 0 atom stereocenters. The SMILES string of the molecule is COCC1=CCN(c2c(Cl)cccc2C(=O)O)CC1. The highest BCUT2D eigenvalue weighted by Crippen LogP contribution is 2.31. The fourth-order valence-electron chi connectivity index (χ4n) is 2.24. The molecule has 5 heteroatoms. The Labute approximate surface area is 117 Å². The first-order chi connectivity index (χ1) is 9.13. The van der Waals surface area contributed by atoms with Crippen LogP contribution in [0.25, 0.3) is 0 Å². The Morgan fingerprint density at radius 2 is 2.32 bits per heavy atom. The smallest absolute Gasteiger partial charge is 0.337 e. The third-order valence-electron chi connectivity index (χ3n) is 3.17. The number of carboxylic acid groups (broad SMARTS) is 1. The molecule has 0 aliphatic carbocycles. The lowest BCUT2D eigenvalue weighted by Gasteiger charge is -2.30. The molecule has 0 amide bonds. The monoisotopic (exact) mass is 281 g/mol. The van der Waals surface area contributed by atoms with E-state index in [9.17, 15) is 9.90 Å². The van der Waals surface area contributed by atoms with Crippen molar-refractivity contribution in [1.82, 2.24) is 0 Å². The topological polar surface area (TPSA) is 49.8 Å². The number of hydrogen-bond acceptors (Lipinski definition) is 3. The third-order valence-corrected chi connectivity index (χ3v) is 3.47. The largest absolute Gasteiger partial charge is 0.478 e. The molecule has 0 saturated carbocycles. The zero-order valence-corrected chi connectivity index (χ0v) is 11.5.